The largest absolute Gasteiger partial charge is 0.330 e. The minimum atomic E-state index is -0.314. The van der Waals surface area contributed by atoms with Crippen molar-refractivity contribution in [3.8, 4) is 0 Å². The average Bonchev–Trinajstić information content (AvgIpc) is 2.79. The van der Waals surface area contributed by atoms with Gasteiger partial charge in [0.15, 0.2) is 0 Å². The van der Waals surface area contributed by atoms with Gasteiger partial charge in [-0.05, 0) is 37.9 Å². The van der Waals surface area contributed by atoms with Gasteiger partial charge in [-0.2, -0.15) is 0 Å². The fourth-order valence-corrected chi connectivity index (χ4v) is 2.53. The number of halogens is 1. The second kappa shape index (κ2) is 6.84. The number of rotatable bonds is 4. The van der Waals surface area contributed by atoms with Crippen LogP contribution in [0.5, 0.6) is 0 Å². The molecule has 0 bridgehead atoms. The van der Waals surface area contributed by atoms with Crippen molar-refractivity contribution in [1.82, 2.24) is 4.90 Å². The fourth-order valence-electron chi connectivity index (χ4n) is 2.53. The average molecular weight is 286 g/mol. The maximum atomic E-state index is 10.9. The van der Waals surface area contributed by atoms with E-state index in [0.29, 0.717) is 5.92 Å². The summed E-state index contributed by atoms with van der Waals surface area (Å²) in [5.41, 5.74) is 7.70. The van der Waals surface area contributed by atoms with Crippen LogP contribution < -0.4 is 5.73 Å². The van der Waals surface area contributed by atoms with Crippen molar-refractivity contribution >= 4 is 18.1 Å². The van der Waals surface area contributed by atoms with E-state index in [1.165, 1.54) is 0 Å². The molecular weight excluding hydrogens is 266 g/mol. The number of nitro groups is 1. The Bertz CT molecular complexity index is 454. The van der Waals surface area contributed by atoms with Crippen LogP contribution in [0.2, 0.25) is 0 Å². The molecular formula is C13H20ClN3O2. The zero-order valence-electron chi connectivity index (χ0n) is 11.0. The van der Waals surface area contributed by atoms with Crippen LogP contribution in [0.4, 0.5) is 5.69 Å². The molecule has 0 aromatic heterocycles. The number of nitrogens with two attached hydrogens (primary N) is 1. The van der Waals surface area contributed by atoms with Crippen LogP contribution in [0.15, 0.2) is 18.2 Å². The van der Waals surface area contributed by atoms with Gasteiger partial charge in [0.1, 0.15) is 0 Å². The lowest BCUT2D eigenvalue weighted by Crippen LogP contribution is -2.23. The van der Waals surface area contributed by atoms with Gasteiger partial charge in [0.05, 0.1) is 4.92 Å². The second-order valence-corrected chi connectivity index (χ2v) is 4.94. The first-order valence-electron chi connectivity index (χ1n) is 6.27. The van der Waals surface area contributed by atoms with Crippen LogP contribution in [-0.2, 0) is 6.54 Å². The van der Waals surface area contributed by atoms with E-state index < -0.39 is 0 Å². The molecule has 1 aliphatic rings. The summed E-state index contributed by atoms with van der Waals surface area (Å²) in [4.78, 5) is 12.9. The summed E-state index contributed by atoms with van der Waals surface area (Å²) in [7, 11) is 0. The van der Waals surface area contributed by atoms with Crippen molar-refractivity contribution in [2.75, 3.05) is 19.6 Å². The van der Waals surface area contributed by atoms with Gasteiger partial charge >= 0.3 is 0 Å². The van der Waals surface area contributed by atoms with Crippen LogP contribution in [0, 0.1) is 23.0 Å². The fraction of sp³-hybridized carbons (Fsp3) is 0.538. The van der Waals surface area contributed by atoms with Crippen molar-refractivity contribution in [1.29, 1.82) is 0 Å². The topological polar surface area (TPSA) is 72.4 Å². The molecule has 2 rings (SSSR count). The minimum Gasteiger partial charge on any atom is -0.330 e. The summed E-state index contributed by atoms with van der Waals surface area (Å²) in [5.74, 6) is 0.573. The molecule has 1 aliphatic heterocycles. The maximum absolute atomic E-state index is 10.9. The van der Waals surface area contributed by atoms with E-state index in [1.54, 1.807) is 12.1 Å². The van der Waals surface area contributed by atoms with E-state index in [4.69, 9.17) is 5.73 Å². The molecule has 1 unspecified atom stereocenters. The normalized spacial score (nSPS) is 19.2. The van der Waals surface area contributed by atoms with Crippen molar-refractivity contribution < 1.29 is 4.92 Å². The predicted octanol–water partition coefficient (Wildman–Crippen LogP) is 2.11. The molecule has 1 saturated heterocycles. The monoisotopic (exact) mass is 285 g/mol. The quantitative estimate of drug-likeness (QED) is 0.679. The van der Waals surface area contributed by atoms with Gasteiger partial charge in [0.2, 0.25) is 0 Å². The van der Waals surface area contributed by atoms with Gasteiger partial charge in [-0.15, -0.1) is 12.4 Å². The summed E-state index contributed by atoms with van der Waals surface area (Å²) in [6.45, 7) is 5.36. The molecule has 5 nitrogen and oxygen atoms in total. The third kappa shape index (κ3) is 3.65. The standard InChI is InChI=1S/C13H19N3O2.ClH/c1-10-12(3-2-4-13(10)16(17)18)9-15-6-5-11(7-14)8-15;/h2-4,11H,5-9,14H2,1H3;1H. The van der Waals surface area contributed by atoms with Gasteiger partial charge in [-0.1, -0.05) is 12.1 Å². The summed E-state index contributed by atoms with van der Waals surface area (Å²) in [6, 6.07) is 5.29. The summed E-state index contributed by atoms with van der Waals surface area (Å²) in [5, 5.41) is 10.9. The van der Waals surface area contributed by atoms with E-state index in [2.05, 4.69) is 4.90 Å². The third-order valence-electron chi connectivity index (χ3n) is 3.71. The summed E-state index contributed by atoms with van der Waals surface area (Å²) >= 11 is 0. The minimum absolute atomic E-state index is 0. The number of likely N-dealkylation sites (tertiary alicyclic amines) is 1. The lowest BCUT2D eigenvalue weighted by Gasteiger charge is -2.17. The predicted molar refractivity (Wildman–Crippen MR) is 77.5 cm³/mol. The molecule has 0 spiro atoms. The van der Waals surface area contributed by atoms with Crippen molar-refractivity contribution in [3.63, 3.8) is 0 Å². The molecule has 0 saturated carbocycles. The molecule has 0 radical (unpaired) electrons. The first kappa shape index (κ1) is 15.9. The molecule has 19 heavy (non-hydrogen) atoms. The Morgan fingerprint density at radius 3 is 2.84 bits per heavy atom. The first-order valence-corrected chi connectivity index (χ1v) is 6.27. The molecule has 106 valence electrons. The highest BCUT2D eigenvalue weighted by molar-refractivity contribution is 5.85. The lowest BCUT2D eigenvalue weighted by atomic mass is 10.1. The Morgan fingerprint density at radius 1 is 1.53 bits per heavy atom. The molecule has 2 N–H and O–H groups in total. The Balaban J connectivity index is 0.00000180. The van der Waals surface area contributed by atoms with Crippen molar-refractivity contribution in [2.45, 2.75) is 19.9 Å². The van der Waals surface area contributed by atoms with Gasteiger partial charge in [-0.25, -0.2) is 0 Å². The Labute approximate surface area is 119 Å². The summed E-state index contributed by atoms with van der Waals surface area (Å²) in [6.07, 6.45) is 1.13. The van der Waals surface area contributed by atoms with E-state index in [-0.39, 0.29) is 23.0 Å². The van der Waals surface area contributed by atoms with Crippen LogP contribution in [0.3, 0.4) is 0 Å². The maximum Gasteiger partial charge on any atom is 0.272 e. The van der Waals surface area contributed by atoms with Gasteiger partial charge in [-0.3, -0.25) is 15.0 Å². The molecule has 1 aromatic rings. The zero-order valence-corrected chi connectivity index (χ0v) is 11.9. The van der Waals surface area contributed by atoms with E-state index in [0.717, 1.165) is 43.7 Å². The van der Waals surface area contributed by atoms with Crippen LogP contribution in [-0.4, -0.2) is 29.5 Å². The highest BCUT2D eigenvalue weighted by atomic mass is 35.5. The molecule has 0 aliphatic carbocycles. The Hall–Kier alpha value is -1.17. The highest BCUT2D eigenvalue weighted by Gasteiger charge is 2.22. The van der Waals surface area contributed by atoms with Crippen LogP contribution in [0.1, 0.15) is 17.5 Å². The first-order chi connectivity index (χ1) is 8.61. The van der Waals surface area contributed by atoms with E-state index in [9.17, 15) is 10.1 Å². The zero-order chi connectivity index (χ0) is 13.1. The van der Waals surface area contributed by atoms with Crippen LogP contribution in [0.25, 0.3) is 0 Å². The molecule has 1 atom stereocenters. The Kier molecular flexibility index (Phi) is 5.72. The molecule has 1 fully saturated rings. The Morgan fingerprint density at radius 2 is 2.26 bits per heavy atom. The second-order valence-electron chi connectivity index (χ2n) is 4.94. The smallest absolute Gasteiger partial charge is 0.272 e. The number of nitro benzene ring substituents is 1. The molecule has 1 heterocycles. The number of hydrogen-bond donors (Lipinski definition) is 1. The van der Waals surface area contributed by atoms with Gasteiger partial charge < -0.3 is 5.73 Å². The van der Waals surface area contributed by atoms with Crippen LogP contribution >= 0.6 is 12.4 Å². The SMILES string of the molecule is Cc1c(CN2CCC(CN)C2)cccc1[N+](=O)[O-].Cl. The summed E-state index contributed by atoms with van der Waals surface area (Å²) < 4.78 is 0. The number of benzene rings is 1. The van der Waals surface area contributed by atoms with E-state index >= 15 is 0 Å². The molecule has 0 amide bonds. The van der Waals surface area contributed by atoms with E-state index in [1.807, 2.05) is 13.0 Å². The molecule has 1 aromatic carbocycles. The third-order valence-corrected chi connectivity index (χ3v) is 3.71. The van der Waals surface area contributed by atoms with Gasteiger partial charge in [0, 0.05) is 24.7 Å². The number of nitrogens with zero attached hydrogens (tertiary/aromatic N) is 2. The highest BCUT2D eigenvalue weighted by Crippen LogP contribution is 2.24. The van der Waals surface area contributed by atoms with Crippen molar-refractivity contribution in [2.24, 2.45) is 11.7 Å². The number of hydrogen-bond acceptors (Lipinski definition) is 4. The van der Waals surface area contributed by atoms with Gasteiger partial charge in [0.25, 0.3) is 5.69 Å². The lowest BCUT2D eigenvalue weighted by molar-refractivity contribution is -0.385. The van der Waals surface area contributed by atoms with Crippen molar-refractivity contribution in [3.05, 3.63) is 39.4 Å². The molecule has 6 heteroatoms.